The predicted octanol–water partition coefficient (Wildman–Crippen LogP) is 3.70. The van der Waals surface area contributed by atoms with Crippen LogP contribution in [0.15, 0.2) is 36.4 Å². The molecule has 0 aliphatic carbocycles. The molecule has 0 atom stereocenters. The number of hydrogen-bond acceptors (Lipinski definition) is 6. The molecule has 0 bridgehead atoms. The summed E-state index contributed by atoms with van der Waals surface area (Å²) in [4.78, 5) is 29.3. The second-order valence-electron chi connectivity index (χ2n) is 5.87. The minimum Gasteiger partial charge on any atom is -0.464 e. The van der Waals surface area contributed by atoms with Crippen molar-refractivity contribution >= 4 is 28.3 Å². The molecule has 0 spiro atoms. The maximum absolute atomic E-state index is 12.5. The number of carbonyl (C=O) groups excluding carboxylic acids is 2. The van der Waals surface area contributed by atoms with E-state index in [2.05, 4.69) is 20.5 Å². The number of aromatic nitrogens is 3. The van der Waals surface area contributed by atoms with Crippen LogP contribution in [0.3, 0.4) is 0 Å². The highest BCUT2D eigenvalue weighted by Gasteiger charge is 2.22. The lowest BCUT2D eigenvalue weighted by molar-refractivity contribution is 0.0593. The number of rotatable bonds is 5. The smallest absolute Gasteiger partial charge is 0.357 e. The lowest BCUT2D eigenvalue weighted by atomic mass is 10.1. The third kappa shape index (κ3) is 3.65. The first-order valence-electron chi connectivity index (χ1n) is 8.00. The Hall–Kier alpha value is -3.00. The molecule has 3 rings (SSSR count). The van der Waals surface area contributed by atoms with Crippen LogP contribution in [0.4, 0.5) is 5.13 Å². The molecule has 7 nitrogen and oxygen atoms in total. The van der Waals surface area contributed by atoms with Crippen LogP contribution in [0.2, 0.25) is 0 Å². The number of aromatic amines is 1. The van der Waals surface area contributed by atoms with Crippen molar-refractivity contribution < 1.29 is 14.3 Å². The molecule has 0 saturated heterocycles. The van der Waals surface area contributed by atoms with Gasteiger partial charge in [-0.2, -0.15) is 5.10 Å². The molecule has 2 heterocycles. The normalized spacial score (nSPS) is 10.8. The summed E-state index contributed by atoms with van der Waals surface area (Å²) in [5.41, 5.74) is 2.13. The van der Waals surface area contributed by atoms with Crippen LogP contribution in [-0.4, -0.2) is 34.2 Å². The van der Waals surface area contributed by atoms with E-state index in [1.54, 1.807) is 6.07 Å². The Morgan fingerprint density at radius 1 is 1.23 bits per heavy atom. The molecule has 2 N–H and O–H groups in total. The van der Waals surface area contributed by atoms with Crippen LogP contribution in [0.25, 0.3) is 11.3 Å². The van der Waals surface area contributed by atoms with Crippen molar-refractivity contribution in [1.29, 1.82) is 0 Å². The summed E-state index contributed by atoms with van der Waals surface area (Å²) in [7, 11) is 1.31. The Balaban J connectivity index is 1.80. The number of carbonyl (C=O) groups is 2. The van der Waals surface area contributed by atoms with Gasteiger partial charge in [-0.25, -0.2) is 9.78 Å². The molecule has 1 amide bonds. The molecule has 0 aliphatic heterocycles. The van der Waals surface area contributed by atoms with Gasteiger partial charge in [0.2, 0.25) is 0 Å². The fraction of sp³-hybridized carbons (Fsp3) is 0.222. The molecule has 2 aromatic heterocycles. The highest BCUT2D eigenvalue weighted by Crippen LogP contribution is 2.30. The number of esters is 1. The number of ether oxygens (including phenoxy) is 1. The number of benzene rings is 1. The summed E-state index contributed by atoms with van der Waals surface area (Å²) in [6, 6.07) is 11.2. The molecule has 0 radical (unpaired) electrons. The van der Waals surface area contributed by atoms with Crippen molar-refractivity contribution in [2.24, 2.45) is 0 Å². The predicted molar refractivity (Wildman–Crippen MR) is 99.5 cm³/mol. The van der Waals surface area contributed by atoms with E-state index in [4.69, 9.17) is 4.74 Å². The van der Waals surface area contributed by atoms with Crippen LogP contribution in [-0.2, 0) is 4.74 Å². The number of H-pyrrole nitrogens is 1. The Kier molecular flexibility index (Phi) is 5.13. The van der Waals surface area contributed by atoms with E-state index in [-0.39, 0.29) is 17.5 Å². The van der Waals surface area contributed by atoms with Crippen LogP contribution >= 0.6 is 11.3 Å². The van der Waals surface area contributed by atoms with E-state index >= 15 is 0 Å². The molecule has 134 valence electrons. The number of amides is 1. The van der Waals surface area contributed by atoms with Gasteiger partial charge < -0.3 is 4.74 Å². The number of thiazole rings is 1. The topological polar surface area (TPSA) is 97.0 Å². The Bertz CT molecular complexity index is 931. The minimum atomic E-state index is -0.515. The maximum atomic E-state index is 12.5. The number of nitrogens with zero attached hydrogens (tertiary/aromatic N) is 2. The summed E-state index contributed by atoms with van der Waals surface area (Å²) in [6.07, 6.45) is 0. The first-order chi connectivity index (χ1) is 12.5. The molecule has 0 fully saturated rings. The van der Waals surface area contributed by atoms with Crippen LogP contribution < -0.4 is 5.32 Å². The van der Waals surface area contributed by atoms with Crippen molar-refractivity contribution in [3.63, 3.8) is 0 Å². The molecular formula is C18H18N4O3S. The largest absolute Gasteiger partial charge is 0.464 e. The average Bonchev–Trinajstić information content (AvgIpc) is 3.29. The van der Waals surface area contributed by atoms with E-state index in [1.165, 1.54) is 18.4 Å². The van der Waals surface area contributed by atoms with Gasteiger partial charge >= 0.3 is 5.97 Å². The lowest BCUT2D eigenvalue weighted by Gasteiger charge is -2.02. The third-order valence-electron chi connectivity index (χ3n) is 3.67. The van der Waals surface area contributed by atoms with Crippen LogP contribution in [0.5, 0.6) is 0 Å². The third-order valence-corrected chi connectivity index (χ3v) is 4.94. The minimum absolute atomic E-state index is 0.0871. The summed E-state index contributed by atoms with van der Waals surface area (Å²) in [5.74, 6) is -0.803. The van der Waals surface area contributed by atoms with Gasteiger partial charge in [0, 0.05) is 10.4 Å². The second kappa shape index (κ2) is 7.49. The maximum Gasteiger partial charge on any atom is 0.357 e. The number of methoxy groups -OCH3 is 1. The summed E-state index contributed by atoms with van der Waals surface area (Å²) in [5, 5.41) is 9.94. The summed E-state index contributed by atoms with van der Waals surface area (Å²) in [6.45, 7) is 3.90. The molecule has 0 saturated carbocycles. The quantitative estimate of drug-likeness (QED) is 0.668. The number of hydrogen-bond donors (Lipinski definition) is 2. The van der Waals surface area contributed by atoms with Gasteiger partial charge in [0.05, 0.1) is 12.8 Å². The molecule has 3 aromatic rings. The Labute approximate surface area is 154 Å². The van der Waals surface area contributed by atoms with Crippen molar-refractivity contribution in [3.8, 4) is 11.3 Å². The van der Waals surface area contributed by atoms with Crippen molar-refractivity contribution in [1.82, 2.24) is 15.2 Å². The van der Waals surface area contributed by atoms with E-state index in [0.29, 0.717) is 16.5 Å². The summed E-state index contributed by atoms with van der Waals surface area (Å²) >= 11 is 1.26. The van der Waals surface area contributed by atoms with E-state index in [0.717, 1.165) is 10.4 Å². The van der Waals surface area contributed by atoms with Gasteiger partial charge in [-0.15, -0.1) is 11.3 Å². The van der Waals surface area contributed by atoms with Gasteiger partial charge in [-0.3, -0.25) is 15.2 Å². The first kappa shape index (κ1) is 17.8. The summed E-state index contributed by atoms with van der Waals surface area (Å²) < 4.78 is 4.76. The van der Waals surface area contributed by atoms with E-state index in [1.807, 2.05) is 44.2 Å². The number of nitrogens with one attached hydrogen (secondary N) is 2. The molecule has 1 aromatic carbocycles. The van der Waals surface area contributed by atoms with Crippen molar-refractivity contribution in [2.45, 2.75) is 19.8 Å². The molecule has 8 heteroatoms. The highest BCUT2D eigenvalue weighted by molar-refractivity contribution is 7.16. The van der Waals surface area contributed by atoms with Gasteiger partial charge in [0.1, 0.15) is 5.69 Å². The van der Waals surface area contributed by atoms with Crippen LogP contribution in [0, 0.1) is 0 Å². The van der Waals surface area contributed by atoms with E-state index in [9.17, 15) is 9.59 Å². The Morgan fingerprint density at radius 2 is 1.96 bits per heavy atom. The average molecular weight is 370 g/mol. The zero-order valence-electron chi connectivity index (χ0n) is 14.6. The van der Waals surface area contributed by atoms with Gasteiger partial charge in [0.25, 0.3) is 5.91 Å². The van der Waals surface area contributed by atoms with Crippen molar-refractivity contribution in [2.75, 3.05) is 12.4 Å². The lowest BCUT2D eigenvalue weighted by Crippen LogP contribution is -2.12. The first-order valence-corrected chi connectivity index (χ1v) is 8.82. The van der Waals surface area contributed by atoms with E-state index < -0.39 is 5.97 Å². The Morgan fingerprint density at radius 3 is 2.62 bits per heavy atom. The molecule has 26 heavy (non-hydrogen) atoms. The SMILES string of the molecule is COC(=O)c1nc(NC(=O)c2cc(-c3ccccc3)n[nH]2)sc1C(C)C. The molecule has 0 unspecified atom stereocenters. The monoisotopic (exact) mass is 370 g/mol. The second-order valence-corrected chi connectivity index (χ2v) is 6.90. The molecular weight excluding hydrogens is 352 g/mol. The fourth-order valence-corrected chi connectivity index (χ4v) is 3.33. The standard InChI is InChI=1S/C18H18N4O3S/c1-10(2)15-14(17(24)25-3)19-18(26-15)20-16(23)13-9-12(21-22-13)11-7-5-4-6-8-11/h4-10H,1-3H3,(H,21,22)(H,19,20,23). The van der Waals surface area contributed by atoms with Gasteiger partial charge in [0.15, 0.2) is 10.8 Å². The zero-order valence-corrected chi connectivity index (χ0v) is 15.4. The zero-order chi connectivity index (χ0) is 18.7. The van der Waals surface area contributed by atoms with Crippen LogP contribution in [0.1, 0.15) is 45.6 Å². The van der Waals surface area contributed by atoms with Gasteiger partial charge in [-0.05, 0) is 12.0 Å². The van der Waals surface area contributed by atoms with Gasteiger partial charge in [-0.1, -0.05) is 44.2 Å². The molecule has 0 aliphatic rings. The van der Waals surface area contributed by atoms with Crippen molar-refractivity contribution in [3.05, 3.63) is 52.7 Å². The number of anilines is 1. The fourth-order valence-electron chi connectivity index (χ4n) is 2.38. The highest BCUT2D eigenvalue weighted by atomic mass is 32.1.